The number of carbonyl (C=O) groups excluding carboxylic acids is 1. The van der Waals surface area contributed by atoms with E-state index < -0.39 is 0 Å². The minimum atomic E-state index is -0.301. The number of aryl methyl sites for hydroxylation is 1. The van der Waals surface area contributed by atoms with Crippen LogP contribution < -0.4 is 11.1 Å². The zero-order valence-electron chi connectivity index (χ0n) is 10.9. The van der Waals surface area contributed by atoms with E-state index in [0.29, 0.717) is 6.42 Å². The molecule has 0 unspecified atom stereocenters. The van der Waals surface area contributed by atoms with Crippen LogP contribution in [0.1, 0.15) is 44.2 Å². The second-order valence-electron chi connectivity index (χ2n) is 5.33. The molecule has 2 rings (SSSR count). The fraction of sp³-hybridized carbons (Fsp3) is 0.571. The fourth-order valence-corrected chi connectivity index (χ4v) is 2.58. The molecule has 0 spiro atoms. The lowest BCUT2D eigenvalue weighted by Crippen LogP contribution is -2.44. The number of nitrogens with zero attached hydrogens (tertiary/aromatic N) is 1. The number of nitrogens with one attached hydrogen (secondary N) is 1. The Kier molecular flexibility index (Phi) is 3.97. The third-order valence-electron chi connectivity index (χ3n) is 3.54. The van der Waals surface area contributed by atoms with E-state index in [1.807, 2.05) is 13.0 Å². The number of rotatable bonds is 3. The van der Waals surface area contributed by atoms with E-state index >= 15 is 0 Å². The van der Waals surface area contributed by atoms with Gasteiger partial charge in [0.05, 0.1) is 0 Å². The normalized spacial score (nSPS) is 18.3. The van der Waals surface area contributed by atoms with Crippen molar-refractivity contribution in [2.45, 2.75) is 51.0 Å². The monoisotopic (exact) mass is 247 g/mol. The van der Waals surface area contributed by atoms with Crippen LogP contribution >= 0.6 is 0 Å². The predicted octanol–water partition coefficient (Wildman–Crippen LogP) is 2.38. The first-order chi connectivity index (χ1) is 8.57. The fourth-order valence-electron chi connectivity index (χ4n) is 2.58. The first kappa shape index (κ1) is 13.0. The van der Waals surface area contributed by atoms with Gasteiger partial charge in [-0.2, -0.15) is 0 Å². The minimum Gasteiger partial charge on any atom is -0.326 e. The third-order valence-corrected chi connectivity index (χ3v) is 3.54. The van der Waals surface area contributed by atoms with E-state index in [9.17, 15) is 4.79 Å². The molecule has 1 aliphatic carbocycles. The molecule has 1 aromatic rings. The highest BCUT2D eigenvalue weighted by Crippen LogP contribution is 2.28. The molecule has 4 nitrogen and oxygen atoms in total. The van der Waals surface area contributed by atoms with Crippen molar-refractivity contribution in [1.29, 1.82) is 0 Å². The van der Waals surface area contributed by atoms with Crippen LogP contribution in [-0.4, -0.2) is 16.4 Å². The van der Waals surface area contributed by atoms with Gasteiger partial charge in [0, 0.05) is 29.5 Å². The maximum Gasteiger partial charge on any atom is 0.226 e. The van der Waals surface area contributed by atoms with Gasteiger partial charge in [-0.1, -0.05) is 19.3 Å². The number of nitrogens with two attached hydrogens (primary N) is 1. The molecule has 1 saturated carbocycles. The summed E-state index contributed by atoms with van der Waals surface area (Å²) < 4.78 is 0. The third kappa shape index (κ3) is 3.53. The molecule has 18 heavy (non-hydrogen) atoms. The van der Waals surface area contributed by atoms with Crippen LogP contribution in [0.5, 0.6) is 0 Å². The van der Waals surface area contributed by atoms with Crippen LogP contribution in [0, 0.1) is 6.92 Å². The van der Waals surface area contributed by atoms with Gasteiger partial charge in [0.25, 0.3) is 0 Å². The lowest BCUT2D eigenvalue weighted by Gasteiger charge is -2.32. The van der Waals surface area contributed by atoms with Crippen molar-refractivity contribution < 1.29 is 4.79 Å². The SMILES string of the molecule is Cc1cc(NC(=O)CC2(N)CCCCC2)ccn1. The Hall–Kier alpha value is -1.42. The highest BCUT2D eigenvalue weighted by atomic mass is 16.1. The quantitative estimate of drug-likeness (QED) is 0.861. The molecular weight excluding hydrogens is 226 g/mol. The number of aromatic nitrogens is 1. The van der Waals surface area contributed by atoms with Crippen LogP contribution in [-0.2, 0) is 4.79 Å². The number of amides is 1. The van der Waals surface area contributed by atoms with Gasteiger partial charge >= 0.3 is 0 Å². The largest absolute Gasteiger partial charge is 0.326 e. The highest BCUT2D eigenvalue weighted by Gasteiger charge is 2.29. The van der Waals surface area contributed by atoms with Gasteiger partial charge in [0.2, 0.25) is 5.91 Å². The Balaban J connectivity index is 1.92. The van der Waals surface area contributed by atoms with E-state index in [-0.39, 0.29) is 11.4 Å². The van der Waals surface area contributed by atoms with Crippen LogP contribution in [0.2, 0.25) is 0 Å². The summed E-state index contributed by atoms with van der Waals surface area (Å²) >= 11 is 0. The lowest BCUT2D eigenvalue weighted by atomic mass is 9.80. The maximum absolute atomic E-state index is 12.0. The molecule has 1 aliphatic rings. The maximum atomic E-state index is 12.0. The highest BCUT2D eigenvalue weighted by molar-refractivity contribution is 5.91. The Bertz CT molecular complexity index is 425. The van der Waals surface area contributed by atoms with E-state index in [0.717, 1.165) is 37.1 Å². The minimum absolute atomic E-state index is 0.00463. The van der Waals surface area contributed by atoms with Crippen LogP contribution in [0.25, 0.3) is 0 Å². The van der Waals surface area contributed by atoms with E-state index in [1.165, 1.54) is 6.42 Å². The molecule has 0 radical (unpaired) electrons. The predicted molar refractivity (Wildman–Crippen MR) is 72.2 cm³/mol. The van der Waals surface area contributed by atoms with Gasteiger partial charge < -0.3 is 11.1 Å². The van der Waals surface area contributed by atoms with Crippen molar-refractivity contribution >= 4 is 11.6 Å². The molecule has 98 valence electrons. The molecular formula is C14H21N3O. The smallest absolute Gasteiger partial charge is 0.226 e. The van der Waals surface area contributed by atoms with Gasteiger partial charge in [0.1, 0.15) is 0 Å². The van der Waals surface area contributed by atoms with Gasteiger partial charge in [-0.05, 0) is 31.9 Å². The molecule has 1 aromatic heterocycles. The molecule has 1 heterocycles. The number of anilines is 1. The average Bonchev–Trinajstić information content (AvgIpc) is 2.28. The number of pyridine rings is 1. The zero-order chi connectivity index (χ0) is 13.0. The zero-order valence-corrected chi connectivity index (χ0v) is 10.9. The molecule has 0 bridgehead atoms. The molecule has 3 N–H and O–H groups in total. The van der Waals surface area contributed by atoms with Crippen LogP contribution in [0.15, 0.2) is 18.3 Å². The van der Waals surface area contributed by atoms with Gasteiger partial charge in [-0.25, -0.2) is 0 Å². The second-order valence-corrected chi connectivity index (χ2v) is 5.33. The first-order valence-electron chi connectivity index (χ1n) is 6.59. The summed E-state index contributed by atoms with van der Waals surface area (Å²) in [6, 6.07) is 3.66. The Morgan fingerprint density at radius 1 is 1.44 bits per heavy atom. The van der Waals surface area contributed by atoms with E-state index in [2.05, 4.69) is 10.3 Å². The van der Waals surface area contributed by atoms with E-state index in [4.69, 9.17) is 5.73 Å². The van der Waals surface area contributed by atoms with Crippen molar-refractivity contribution in [2.24, 2.45) is 5.73 Å². The van der Waals surface area contributed by atoms with Crippen molar-refractivity contribution in [1.82, 2.24) is 4.98 Å². The average molecular weight is 247 g/mol. The van der Waals surface area contributed by atoms with Gasteiger partial charge in [-0.3, -0.25) is 9.78 Å². The topological polar surface area (TPSA) is 68.0 Å². The molecule has 4 heteroatoms. The summed E-state index contributed by atoms with van der Waals surface area (Å²) in [4.78, 5) is 16.1. The Morgan fingerprint density at radius 3 is 2.83 bits per heavy atom. The Labute approximate surface area is 108 Å². The lowest BCUT2D eigenvalue weighted by molar-refractivity contribution is -0.117. The Morgan fingerprint density at radius 2 is 2.17 bits per heavy atom. The summed E-state index contributed by atoms with van der Waals surface area (Å²) in [5.41, 5.74) is 7.66. The van der Waals surface area contributed by atoms with Crippen LogP contribution in [0.3, 0.4) is 0 Å². The van der Waals surface area contributed by atoms with Gasteiger partial charge in [0.15, 0.2) is 0 Å². The molecule has 0 aliphatic heterocycles. The number of carbonyl (C=O) groups is 1. The number of hydrogen-bond acceptors (Lipinski definition) is 3. The van der Waals surface area contributed by atoms with Gasteiger partial charge in [-0.15, -0.1) is 0 Å². The summed E-state index contributed by atoms with van der Waals surface area (Å²) in [7, 11) is 0. The summed E-state index contributed by atoms with van der Waals surface area (Å²) in [5.74, 6) is 0.00463. The van der Waals surface area contributed by atoms with Crippen molar-refractivity contribution in [3.05, 3.63) is 24.0 Å². The van der Waals surface area contributed by atoms with Crippen molar-refractivity contribution in [2.75, 3.05) is 5.32 Å². The molecule has 0 atom stereocenters. The molecule has 0 aromatic carbocycles. The summed E-state index contributed by atoms with van der Waals surface area (Å²) in [6.45, 7) is 1.90. The van der Waals surface area contributed by atoms with Crippen LogP contribution in [0.4, 0.5) is 5.69 Å². The molecule has 1 fully saturated rings. The standard InChI is InChI=1S/C14H21N3O/c1-11-9-12(5-8-16-11)17-13(18)10-14(15)6-3-2-4-7-14/h5,8-9H,2-4,6-7,10,15H2,1H3,(H,16,17,18). The molecule has 1 amide bonds. The second kappa shape index (κ2) is 5.48. The molecule has 0 saturated heterocycles. The summed E-state index contributed by atoms with van der Waals surface area (Å²) in [6.07, 6.45) is 7.53. The van der Waals surface area contributed by atoms with E-state index in [1.54, 1.807) is 12.3 Å². The number of hydrogen-bond donors (Lipinski definition) is 2. The van der Waals surface area contributed by atoms with Crippen molar-refractivity contribution in [3.8, 4) is 0 Å². The first-order valence-corrected chi connectivity index (χ1v) is 6.59. The van der Waals surface area contributed by atoms with Crippen molar-refractivity contribution in [3.63, 3.8) is 0 Å². The summed E-state index contributed by atoms with van der Waals surface area (Å²) in [5, 5.41) is 2.90.